The van der Waals surface area contributed by atoms with E-state index in [1.807, 2.05) is 34.9 Å². The van der Waals surface area contributed by atoms with Crippen LogP contribution in [0.4, 0.5) is 4.39 Å². The van der Waals surface area contributed by atoms with E-state index in [4.69, 9.17) is 4.74 Å². The van der Waals surface area contributed by atoms with Crippen molar-refractivity contribution in [2.45, 2.75) is 45.4 Å². The molecule has 1 unspecified atom stereocenters. The van der Waals surface area contributed by atoms with E-state index in [1.54, 1.807) is 19.2 Å². The normalized spacial score (nSPS) is 15.9. The summed E-state index contributed by atoms with van der Waals surface area (Å²) >= 11 is 0. The monoisotopic (exact) mass is 422 g/mol. The Balaban J connectivity index is 1.69. The third-order valence-electron chi connectivity index (χ3n) is 5.88. The van der Waals surface area contributed by atoms with Gasteiger partial charge in [0.1, 0.15) is 18.2 Å². The quantitative estimate of drug-likeness (QED) is 0.535. The number of aryl methyl sites for hydroxylation is 1. The zero-order valence-electron chi connectivity index (χ0n) is 17.6. The highest BCUT2D eigenvalue weighted by Gasteiger charge is 2.22. The number of benzene rings is 2. The van der Waals surface area contributed by atoms with Gasteiger partial charge < -0.3 is 19.7 Å². The lowest BCUT2D eigenvalue weighted by molar-refractivity contribution is 0.0696. The first-order chi connectivity index (χ1) is 15.0. The summed E-state index contributed by atoms with van der Waals surface area (Å²) in [6, 6.07) is 14.6. The number of hydrogen-bond donors (Lipinski definition) is 2. The van der Waals surface area contributed by atoms with Crippen LogP contribution in [0.3, 0.4) is 0 Å². The Morgan fingerprint density at radius 2 is 2.06 bits per heavy atom. The minimum absolute atomic E-state index is 0.257. The van der Waals surface area contributed by atoms with E-state index < -0.39 is 11.8 Å². The van der Waals surface area contributed by atoms with Gasteiger partial charge in [-0.05, 0) is 56.0 Å². The van der Waals surface area contributed by atoms with Crippen LogP contribution in [0.1, 0.15) is 40.7 Å². The predicted octanol–water partition coefficient (Wildman–Crippen LogP) is 5.02. The lowest BCUT2D eigenvalue weighted by Gasteiger charge is -2.17. The third-order valence-corrected chi connectivity index (χ3v) is 5.88. The highest BCUT2D eigenvalue weighted by molar-refractivity contribution is 5.92. The van der Waals surface area contributed by atoms with E-state index in [9.17, 15) is 14.3 Å². The van der Waals surface area contributed by atoms with Gasteiger partial charge in [0.05, 0.1) is 11.3 Å². The van der Waals surface area contributed by atoms with E-state index in [0.717, 1.165) is 37.1 Å². The van der Waals surface area contributed by atoms with E-state index in [-0.39, 0.29) is 5.56 Å². The Bertz CT molecular complexity index is 1060. The molecule has 1 aliphatic heterocycles. The second-order valence-electron chi connectivity index (χ2n) is 8.01. The zero-order valence-corrected chi connectivity index (χ0v) is 17.6. The molecule has 3 aromatic rings. The fourth-order valence-corrected chi connectivity index (χ4v) is 4.25. The van der Waals surface area contributed by atoms with Crippen molar-refractivity contribution >= 4 is 5.97 Å². The molecule has 0 spiro atoms. The first kappa shape index (κ1) is 21.1. The lowest BCUT2D eigenvalue weighted by Crippen LogP contribution is -2.23. The van der Waals surface area contributed by atoms with Crippen molar-refractivity contribution < 1.29 is 19.0 Å². The number of nitrogens with one attached hydrogen (secondary N) is 1. The molecular formula is C25H27FN2O3. The van der Waals surface area contributed by atoms with Crippen LogP contribution in [0, 0.1) is 12.7 Å². The minimum Gasteiger partial charge on any atom is -0.488 e. The second kappa shape index (κ2) is 9.35. The van der Waals surface area contributed by atoms with Gasteiger partial charge in [0, 0.05) is 30.4 Å². The molecule has 0 amide bonds. The molecular weight excluding hydrogens is 395 g/mol. The van der Waals surface area contributed by atoms with Gasteiger partial charge in [0.2, 0.25) is 0 Å². The molecule has 6 heteroatoms. The maximum atomic E-state index is 14.1. The standard InChI is InChI=1S/C25H27FN2O3/c1-17-22(25(29)30)15-28(13-11-20-8-5-12-27-20)24(17)21-10-9-19(26)14-23(21)31-16-18-6-3-2-4-7-18/h2-4,6-7,9-10,14-15,20,27H,5,8,11-13,16H2,1H3,(H,29,30). The van der Waals surface area contributed by atoms with Crippen LogP contribution < -0.4 is 10.1 Å². The highest BCUT2D eigenvalue weighted by Crippen LogP contribution is 2.36. The van der Waals surface area contributed by atoms with Crippen molar-refractivity contribution in [3.8, 4) is 17.0 Å². The molecule has 1 aromatic heterocycles. The SMILES string of the molecule is Cc1c(C(=O)O)cn(CCC2CCCN2)c1-c1ccc(F)cc1OCc1ccccc1. The molecule has 0 radical (unpaired) electrons. The van der Waals surface area contributed by atoms with Gasteiger partial charge in [-0.15, -0.1) is 0 Å². The first-order valence-electron chi connectivity index (χ1n) is 10.7. The van der Waals surface area contributed by atoms with Crippen molar-refractivity contribution in [3.05, 3.63) is 77.2 Å². The van der Waals surface area contributed by atoms with Crippen molar-refractivity contribution in [1.82, 2.24) is 9.88 Å². The molecule has 4 rings (SSSR count). The molecule has 1 fully saturated rings. The number of hydrogen-bond acceptors (Lipinski definition) is 3. The summed E-state index contributed by atoms with van der Waals surface area (Å²) in [6.07, 6.45) is 4.88. The number of aromatic carboxylic acids is 1. The van der Waals surface area contributed by atoms with Crippen molar-refractivity contribution in [2.75, 3.05) is 6.54 Å². The fourth-order valence-electron chi connectivity index (χ4n) is 4.25. The Morgan fingerprint density at radius 3 is 2.77 bits per heavy atom. The Kier molecular flexibility index (Phi) is 6.37. The average molecular weight is 423 g/mol. The first-order valence-corrected chi connectivity index (χ1v) is 10.7. The zero-order chi connectivity index (χ0) is 21.8. The summed E-state index contributed by atoms with van der Waals surface area (Å²) in [5.74, 6) is -0.955. The predicted molar refractivity (Wildman–Crippen MR) is 118 cm³/mol. The fraction of sp³-hybridized carbons (Fsp3) is 0.320. The van der Waals surface area contributed by atoms with Crippen LogP contribution in [0.15, 0.2) is 54.7 Å². The number of carbonyl (C=O) groups is 1. The van der Waals surface area contributed by atoms with Gasteiger partial charge in [-0.25, -0.2) is 9.18 Å². The number of nitrogens with zero attached hydrogens (tertiary/aromatic N) is 1. The smallest absolute Gasteiger partial charge is 0.337 e. The van der Waals surface area contributed by atoms with Crippen LogP contribution in [0.2, 0.25) is 0 Å². The summed E-state index contributed by atoms with van der Waals surface area (Å²) in [7, 11) is 0. The van der Waals surface area contributed by atoms with E-state index in [1.165, 1.54) is 12.1 Å². The molecule has 5 nitrogen and oxygen atoms in total. The maximum Gasteiger partial charge on any atom is 0.337 e. The molecule has 0 saturated carbocycles. The van der Waals surface area contributed by atoms with Gasteiger partial charge >= 0.3 is 5.97 Å². The van der Waals surface area contributed by atoms with Crippen LogP contribution in [-0.4, -0.2) is 28.2 Å². The Hall–Kier alpha value is -3.12. The molecule has 0 bridgehead atoms. The molecule has 31 heavy (non-hydrogen) atoms. The van der Waals surface area contributed by atoms with Crippen LogP contribution in [0.25, 0.3) is 11.3 Å². The number of ether oxygens (including phenoxy) is 1. The molecule has 2 aromatic carbocycles. The summed E-state index contributed by atoms with van der Waals surface area (Å²) in [4.78, 5) is 11.8. The van der Waals surface area contributed by atoms with Crippen molar-refractivity contribution in [2.24, 2.45) is 0 Å². The molecule has 162 valence electrons. The average Bonchev–Trinajstić information content (AvgIpc) is 3.39. The van der Waals surface area contributed by atoms with Gasteiger partial charge in [0.15, 0.2) is 0 Å². The summed E-state index contributed by atoms with van der Waals surface area (Å²) in [5.41, 5.74) is 3.35. The molecule has 2 N–H and O–H groups in total. The second-order valence-corrected chi connectivity index (χ2v) is 8.01. The Labute approximate surface area is 181 Å². The maximum absolute atomic E-state index is 14.1. The summed E-state index contributed by atoms with van der Waals surface area (Å²) in [5, 5.41) is 13.2. The van der Waals surface area contributed by atoms with Crippen molar-refractivity contribution in [1.29, 1.82) is 0 Å². The van der Waals surface area contributed by atoms with Crippen LogP contribution >= 0.6 is 0 Å². The topological polar surface area (TPSA) is 63.5 Å². The number of aromatic nitrogens is 1. The minimum atomic E-state index is -0.967. The Morgan fingerprint density at radius 1 is 1.26 bits per heavy atom. The van der Waals surface area contributed by atoms with Crippen molar-refractivity contribution in [3.63, 3.8) is 0 Å². The molecule has 1 saturated heterocycles. The molecule has 1 aliphatic rings. The van der Waals surface area contributed by atoms with Gasteiger partial charge in [0.25, 0.3) is 0 Å². The lowest BCUT2D eigenvalue weighted by atomic mass is 10.0. The molecule has 2 heterocycles. The summed E-state index contributed by atoms with van der Waals surface area (Å²) < 4.78 is 22.1. The van der Waals surface area contributed by atoms with Crippen LogP contribution in [-0.2, 0) is 13.2 Å². The van der Waals surface area contributed by atoms with E-state index in [0.29, 0.717) is 36.1 Å². The van der Waals surface area contributed by atoms with Crippen LogP contribution in [0.5, 0.6) is 5.75 Å². The van der Waals surface area contributed by atoms with Gasteiger partial charge in [-0.1, -0.05) is 30.3 Å². The number of carboxylic acid groups (broad SMARTS) is 1. The number of halogens is 1. The van der Waals surface area contributed by atoms with Gasteiger partial charge in [-0.2, -0.15) is 0 Å². The summed E-state index contributed by atoms with van der Waals surface area (Å²) in [6.45, 7) is 3.80. The largest absolute Gasteiger partial charge is 0.488 e. The highest BCUT2D eigenvalue weighted by atomic mass is 19.1. The third kappa shape index (κ3) is 4.80. The van der Waals surface area contributed by atoms with E-state index >= 15 is 0 Å². The molecule has 1 atom stereocenters. The van der Waals surface area contributed by atoms with Gasteiger partial charge in [-0.3, -0.25) is 0 Å². The number of carboxylic acids is 1. The molecule has 0 aliphatic carbocycles. The van der Waals surface area contributed by atoms with E-state index in [2.05, 4.69) is 5.32 Å². The number of rotatable bonds is 8.